The first-order chi connectivity index (χ1) is 15.1. The van der Waals surface area contributed by atoms with Gasteiger partial charge in [0.05, 0.1) is 11.2 Å². The van der Waals surface area contributed by atoms with Crippen molar-refractivity contribution in [2.75, 3.05) is 39.8 Å². The Morgan fingerprint density at radius 3 is 2.71 bits per heavy atom. The number of aryl methyl sites for hydroxylation is 1. The number of thiazole rings is 1. The van der Waals surface area contributed by atoms with E-state index in [1.165, 1.54) is 16.9 Å². The number of carbonyl (C=O) groups is 2. The van der Waals surface area contributed by atoms with Crippen molar-refractivity contribution in [3.8, 4) is 0 Å². The van der Waals surface area contributed by atoms with Crippen LogP contribution in [0.25, 0.3) is 0 Å². The van der Waals surface area contributed by atoms with Gasteiger partial charge in [0.2, 0.25) is 5.91 Å². The van der Waals surface area contributed by atoms with Gasteiger partial charge < -0.3 is 20.9 Å². The molecule has 1 aliphatic rings. The Morgan fingerprint density at radius 2 is 2.00 bits per heavy atom. The maximum absolute atomic E-state index is 12.3. The van der Waals surface area contributed by atoms with E-state index in [4.69, 9.17) is 0 Å². The maximum Gasteiger partial charge on any atom is 0.263 e. The minimum atomic E-state index is -0.107. The van der Waals surface area contributed by atoms with Crippen molar-refractivity contribution in [3.05, 3.63) is 52.0 Å². The number of benzene rings is 1. The first-order valence-electron chi connectivity index (χ1n) is 10.5. The lowest BCUT2D eigenvalue weighted by Gasteiger charge is -2.18. The highest BCUT2D eigenvalue weighted by molar-refractivity contribution is 7.11. The molecule has 1 fully saturated rings. The SMILES string of the molecule is CN=C(NCCNC(=O)c1scnc1C)NCC1CC(=O)N(CCc2ccccc2)C1. The van der Waals surface area contributed by atoms with Crippen LogP contribution >= 0.6 is 11.3 Å². The van der Waals surface area contributed by atoms with Crippen LogP contribution in [0, 0.1) is 12.8 Å². The highest BCUT2D eigenvalue weighted by atomic mass is 32.1. The molecule has 1 aromatic carbocycles. The monoisotopic (exact) mass is 442 g/mol. The zero-order chi connectivity index (χ0) is 22.1. The Labute approximate surface area is 187 Å². The van der Waals surface area contributed by atoms with Crippen LogP contribution in [0.1, 0.15) is 27.3 Å². The Morgan fingerprint density at radius 1 is 1.23 bits per heavy atom. The van der Waals surface area contributed by atoms with Gasteiger partial charge in [0.15, 0.2) is 5.96 Å². The lowest BCUT2D eigenvalue weighted by atomic mass is 10.1. The van der Waals surface area contributed by atoms with Crippen molar-refractivity contribution in [3.63, 3.8) is 0 Å². The molecule has 1 aromatic heterocycles. The van der Waals surface area contributed by atoms with Crippen LogP contribution in [0.4, 0.5) is 0 Å². The normalized spacial score (nSPS) is 16.5. The third-order valence-corrected chi connectivity index (χ3v) is 6.17. The molecule has 1 unspecified atom stereocenters. The molecule has 1 aliphatic heterocycles. The average Bonchev–Trinajstić information content (AvgIpc) is 3.37. The summed E-state index contributed by atoms with van der Waals surface area (Å²) in [4.78, 5) is 35.3. The summed E-state index contributed by atoms with van der Waals surface area (Å²) in [7, 11) is 1.71. The summed E-state index contributed by atoms with van der Waals surface area (Å²) in [6.07, 6.45) is 1.44. The van der Waals surface area contributed by atoms with E-state index in [1.54, 1.807) is 12.6 Å². The molecule has 2 amide bonds. The van der Waals surface area contributed by atoms with Gasteiger partial charge >= 0.3 is 0 Å². The molecule has 0 aliphatic carbocycles. The van der Waals surface area contributed by atoms with Gasteiger partial charge in [0.1, 0.15) is 4.88 Å². The van der Waals surface area contributed by atoms with Crippen LogP contribution in [0.5, 0.6) is 0 Å². The second-order valence-corrected chi connectivity index (χ2v) is 8.40. The Kier molecular flexibility index (Phi) is 8.40. The fourth-order valence-corrected chi connectivity index (χ4v) is 4.25. The van der Waals surface area contributed by atoms with Gasteiger partial charge in [-0.1, -0.05) is 30.3 Å². The molecule has 2 heterocycles. The van der Waals surface area contributed by atoms with E-state index in [9.17, 15) is 9.59 Å². The second-order valence-electron chi connectivity index (χ2n) is 7.55. The predicted octanol–water partition coefficient (Wildman–Crippen LogP) is 1.44. The van der Waals surface area contributed by atoms with Gasteiger partial charge in [-0.3, -0.25) is 14.6 Å². The number of nitrogens with one attached hydrogen (secondary N) is 3. The van der Waals surface area contributed by atoms with Crippen LogP contribution in [0.2, 0.25) is 0 Å². The molecule has 2 aromatic rings. The molecule has 3 rings (SSSR count). The predicted molar refractivity (Wildman–Crippen MR) is 123 cm³/mol. The lowest BCUT2D eigenvalue weighted by Crippen LogP contribution is -2.43. The number of amides is 2. The molecular weight excluding hydrogens is 412 g/mol. The number of aromatic nitrogens is 1. The van der Waals surface area contributed by atoms with Crippen LogP contribution < -0.4 is 16.0 Å². The van der Waals surface area contributed by atoms with Crippen molar-refractivity contribution in [2.45, 2.75) is 19.8 Å². The lowest BCUT2D eigenvalue weighted by molar-refractivity contribution is -0.127. The molecule has 1 saturated heterocycles. The van der Waals surface area contributed by atoms with E-state index < -0.39 is 0 Å². The van der Waals surface area contributed by atoms with Crippen molar-refractivity contribution in [1.82, 2.24) is 25.8 Å². The molecule has 1 atom stereocenters. The molecule has 0 saturated carbocycles. The number of guanidine groups is 1. The maximum atomic E-state index is 12.3. The van der Waals surface area contributed by atoms with E-state index in [0.29, 0.717) is 36.9 Å². The molecule has 166 valence electrons. The minimum absolute atomic E-state index is 0.107. The Balaban J connectivity index is 1.33. The first kappa shape index (κ1) is 22.7. The van der Waals surface area contributed by atoms with E-state index in [2.05, 4.69) is 38.1 Å². The average molecular weight is 443 g/mol. The topological polar surface area (TPSA) is 98.7 Å². The van der Waals surface area contributed by atoms with Gasteiger partial charge in [-0.2, -0.15) is 0 Å². The van der Waals surface area contributed by atoms with E-state index in [-0.39, 0.29) is 17.7 Å². The van der Waals surface area contributed by atoms with E-state index in [0.717, 1.165) is 25.2 Å². The number of carbonyl (C=O) groups excluding carboxylic acids is 2. The highest BCUT2D eigenvalue weighted by Crippen LogP contribution is 2.17. The molecule has 8 nitrogen and oxygen atoms in total. The van der Waals surface area contributed by atoms with Crippen molar-refractivity contribution in [1.29, 1.82) is 0 Å². The van der Waals surface area contributed by atoms with Gasteiger partial charge in [0, 0.05) is 52.1 Å². The summed E-state index contributed by atoms with van der Waals surface area (Å²) >= 11 is 1.34. The molecule has 9 heteroatoms. The van der Waals surface area contributed by atoms with Crippen LogP contribution in [-0.2, 0) is 11.2 Å². The molecule has 0 bridgehead atoms. The van der Waals surface area contributed by atoms with E-state index in [1.807, 2.05) is 30.0 Å². The van der Waals surface area contributed by atoms with Gasteiger partial charge in [-0.05, 0) is 18.9 Å². The summed E-state index contributed by atoms with van der Waals surface area (Å²) in [6.45, 7) is 5.05. The Bertz CT molecular complexity index is 898. The number of hydrogen-bond donors (Lipinski definition) is 3. The number of nitrogens with zero attached hydrogens (tertiary/aromatic N) is 3. The zero-order valence-electron chi connectivity index (χ0n) is 18.1. The van der Waals surface area contributed by atoms with Gasteiger partial charge in [-0.15, -0.1) is 11.3 Å². The molecule has 0 radical (unpaired) electrons. The smallest absolute Gasteiger partial charge is 0.263 e. The second kappa shape index (κ2) is 11.5. The largest absolute Gasteiger partial charge is 0.356 e. The third-order valence-electron chi connectivity index (χ3n) is 5.24. The number of aliphatic imine (C=N–C) groups is 1. The number of rotatable bonds is 9. The van der Waals surface area contributed by atoms with Crippen LogP contribution in [0.15, 0.2) is 40.8 Å². The van der Waals surface area contributed by atoms with Gasteiger partial charge in [-0.25, -0.2) is 4.98 Å². The first-order valence-corrected chi connectivity index (χ1v) is 11.4. The quantitative estimate of drug-likeness (QED) is 0.310. The van der Waals surface area contributed by atoms with Gasteiger partial charge in [0.25, 0.3) is 5.91 Å². The van der Waals surface area contributed by atoms with Crippen molar-refractivity contribution in [2.24, 2.45) is 10.9 Å². The van der Waals surface area contributed by atoms with Crippen molar-refractivity contribution >= 4 is 29.1 Å². The summed E-state index contributed by atoms with van der Waals surface area (Å²) < 4.78 is 0. The summed E-state index contributed by atoms with van der Waals surface area (Å²) in [5.41, 5.74) is 3.67. The summed E-state index contributed by atoms with van der Waals surface area (Å²) in [5.74, 6) is 1.03. The summed E-state index contributed by atoms with van der Waals surface area (Å²) in [6, 6.07) is 10.2. The molecule has 3 N–H and O–H groups in total. The molecule has 0 spiro atoms. The van der Waals surface area contributed by atoms with Crippen LogP contribution in [-0.4, -0.2) is 67.4 Å². The minimum Gasteiger partial charge on any atom is -0.356 e. The molecule has 31 heavy (non-hydrogen) atoms. The number of likely N-dealkylation sites (tertiary alicyclic amines) is 1. The van der Waals surface area contributed by atoms with Crippen LogP contribution in [0.3, 0.4) is 0 Å². The standard InChI is InChI=1S/C22H30N6O2S/c1-16-20(31-15-27-16)21(30)24-9-10-25-22(23-2)26-13-18-12-19(29)28(14-18)11-8-17-6-4-3-5-7-17/h3-7,15,18H,8-14H2,1-2H3,(H,24,30)(H2,23,25,26). The highest BCUT2D eigenvalue weighted by Gasteiger charge is 2.29. The van der Waals surface area contributed by atoms with Crippen molar-refractivity contribution < 1.29 is 9.59 Å². The number of hydrogen-bond acceptors (Lipinski definition) is 5. The fourth-order valence-electron chi connectivity index (χ4n) is 3.53. The Hall–Kier alpha value is -2.94. The molecular formula is C22H30N6O2S. The third kappa shape index (κ3) is 6.78. The fraction of sp³-hybridized carbons (Fsp3) is 0.455. The summed E-state index contributed by atoms with van der Waals surface area (Å²) in [5, 5.41) is 9.36. The zero-order valence-corrected chi connectivity index (χ0v) is 18.9. The van der Waals surface area contributed by atoms with E-state index >= 15 is 0 Å².